The van der Waals surface area contributed by atoms with Crippen LogP contribution in [0.15, 0.2) is 97.2 Å². The quantitative estimate of drug-likeness (QED) is 0.313. The van der Waals surface area contributed by atoms with Gasteiger partial charge < -0.3 is 9.30 Å². The Morgan fingerprint density at radius 2 is 1.61 bits per heavy atom. The second kappa shape index (κ2) is 9.68. The van der Waals surface area contributed by atoms with E-state index in [4.69, 9.17) is 4.74 Å². The predicted octanol–water partition coefficient (Wildman–Crippen LogP) is 7.40. The van der Waals surface area contributed by atoms with Gasteiger partial charge >= 0.3 is 0 Å². The van der Waals surface area contributed by atoms with Gasteiger partial charge in [-0.05, 0) is 65.4 Å². The van der Waals surface area contributed by atoms with Crippen molar-refractivity contribution >= 4 is 0 Å². The van der Waals surface area contributed by atoms with Gasteiger partial charge in [0.15, 0.2) is 0 Å². The fourth-order valence-corrected chi connectivity index (χ4v) is 4.81. The molecule has 0 aliphatic carbocycles. The molecule has 1 aliphatic heterocycles. The average molecular weight is 437 g/mol. The van der Waals surface area contributed by atoms with E-state index in [1.165, 1.54) is 22.4 Å². The monoisotopic (exact) mass is 436 g/mol. The van der Waals surface area contributed by atoms with E-state index < -0.39 is 0 Å². The first-order valence-corrected chi connectivity index (χ1v) is 12.0. The molecule has 1 atom stereocenters. The second-order valence-corrected chi connectivity index (χ2v) is 9.24. The summed E-state index contributed by atoms with van der Waals surface area (Å²) < 4.78 is 8.59. The third kappa shape index (κ3) is 4.89. The summed E-state index contributed by atoms with van der Waals surface area (Å²) in [4.78, 5) is 2.62. The van der Waals surface area contributed by atoms with Crippen molar-refractivity contribution in [3.8, 4) is 11.5 Å². The highest BCUT2D eigenvalue weighted by Crippen LogP contribution is 2.35. The average Bonchev–Trinajstić information content (AvgIpc) is 3.21. The SMILES string of the molecule is CC(C)c1ccc(CN2CCCn3cccc3C2c2cccc(Oc3ccccc3)c2)cc1. The number of fused-ring (bicyclic) bond motifs is 1. The van der Waals surface area contributed by atoms with Crippen LogP contribution < -0.4 is 4.74 Å². The lowest BCUT2D eigenvalue weighted by molar-refractivity contribution is 0.220. The zero-order valence-electron chi connectivity index (χ0n) is 19.5. The summed E-state index contributed by atoms with van der Waals surface area (Å²) in [5.41, 5.74) is 5.37. The number of aromatic nitrogens is 1. The molecular weight excluding hydrogens is 404 g/mol. The first kappa shape index (κ1) is 21.5. The van der Waals surface area contributed by atoms with Crippen molar-refractivity contribution in [2.24, 2.45) is 0 Å². The highest BCUT2D eigenvalue weighted by atomic mass is 16.5. The van der Waals surface area contributed by atoms with Crippen LogP contribution in [0.3, 0.4) is 0 Å². The number of rotatable bonds is 6. The number of hydrogen-bond acceptors (Lipinski definition) is 2. The molecule has 168 valence electrons. The molecule has 0 radical (unpaired) electrons. The maximum Gasteiger partial charge on any atom is 0.127 e. The Hall–Kier alpha value is -3.30. The summed E-state index contributed by atoms with van der Waals surface area (Å²) in [6, 6.07) is 32.4. The van der Waals surface area contributed by atoms with Gasteiger partial charge in [-0.25, -0.2) is 0 Å². The molecule has 0 fully saturated rings. The summed E-state index contributed by atoms with van der Waals surface area (Å²) >= 11 is 0. The molecule has 1 aliphatic rings. The molecule has 0 amide bonds. The van der Waals surface area contributed by atoms with Gasteiger partial charge in [0.25, 0.3) is 0 Å². The van der Waals surface area contributed by atoms with Gasteiger partial charge in [-0.1, -0.05) is 68.4 Å². The van der Waals surface area contributed by atoms with E-state index in [1.54, 1.807) is 0 Å². The van der Waals surface area contributed by atoms with Crippen molar-refractivity contribution in [1.82, 2.24) is 9.47 Å². The summed E-state index contributed by atoms with van der Waals surface area (Å²) in [6.07, 6.45) is 3.36. The number of para-hydroxylation sites is 1. The predicted molar refractivity (Wildman–Crippen MR) is 135 cm³/mol. The van der Waals surface area contributed by atoms with E-state index >= 15 is 0 Å². The molecule has 33 heavy (non-hydrogen) atoms. The zero-order valence-corrected chi connectivity index (χ0v) is 19.5. The molecule has 3 heteroatoms. The molecule has 4 aromatic rings. The Bertz CT molecular complexity index is 1180. The second-order valence-electron chi connectivity index (χ2n) is 9.24. The van der Waals surface area contributed by atoms with Gasteiger partial charge in [0.2, 0.25) is 0 Å². The van der Waals surface area contributed by atoms with Crippen LogP contribution in [0.5, 0.6) is 11.5 Å². The van der Waals surface area contributed by atoms with Crippen LogP contribution in [0.4, 0.5) is 0 Å². The molecule has 0 saturated carbocycles. The lowest BCUT2D eigenvalue weighted by Gasteiger charge is -2.31. The lowest BCUT2D eigenvalue weighted by atomic mass is 9.99. The van der Waals surface area contributed by atoms with Crippen molar-refractivity contribution in [3.63, 3.8) is 0 Å². The summed E-state index contributed by atoms with van der Waals surface area (Å²) in [5.74, 6) is 2.30. The molecule has 0 spiro atoms. The summed E-state index contributed by atoms with van der Waals surface area (Å²) in [6.45, 7) is 7.54. The molecule has 3 aromatic carbocycles. The van der Waals surface area contributed by atoms with Crippen LogP contribution in [-0.4, -0.2) is 16.0 Å². The van der Waals surface area contributed by atoms with Crippen LogP contribution >= 0.6 is 0 Å². The van der Waals surface area contributed by atoms with Crippen molar-refractivity contribution < 1.29 is 4.74 Å². The van der Waals surface area contributed by atoms with Gasteiger partial charge in [-0.2, -0.15) is 0 Å². The first-order valence-electron chi connectivity index (χ1n) is 12.0. The van der Waals surface area contributed by atoms with Gasteiger partial charge in [-0.3, -0.25) is 4.90 Å². The normalized spacial score (nSPS) is 16.4. The molecule has 3 nitrogen and oxygen atoms in total. The Morgan fingerprint density at radius 1 is 0.818 bits per heavy atom. The Labute approximate surface area is 197 Å². The fraction of sp³-hybridized carbons (Fsp3) is 0.267. The fourth-order valence-electron chi connectivity index (χ4n) is 4.81. The lowest BCUT2D eigenvalue weighted by Crippen LogP contribution is -2.29. The Kier molecular flexibility index (Phi) is 6.32. The zero-order chi connectivity index (χ0) is 22.6. The van der Waals surface area contributed by atoms with Crippen LogP contribution in [0.1, 0.15) is 54.6 Å². The summed E-state index contributed by atoms with van der Waals surface area (Å²) in [5, 5.41) is 0. The van der Waals surface area contributed by atoms with Crippen LogP contribution in [0.2, 0.25) is 0 Å². The van der Waals surface area contributed by atoms with Crippen LogP contribution in [0, 0.1) is 0 Å². The smallest absolute Gasteiger partial charge is 0.127 e. The van der Waals surface area contributed by atoms with E-state index in [1.807, 2.05) is 36.4 Å². The van der Waals surface area contributed by atoms with Gasteiger partial charge in [-0.15, -0.1) is 0 Å². The Morgan fingerprint density at radius 3 is 2.39 bits per heavy atom. The van der Waals surface area contributed by atoms with Gasteiger partial charge in [0, 0.05) is 31.5 Å². The first-order chi connectivity index (χ1) is 16.2. The van der Waals surface area contributed by atoms with Crippen molar-refractivity contribution in [3.05, 3.63) is 120 Å². The van der Waals surface area contributed by atoms with Crippen LogP contribution in [0.25, 0.3) is 0 Å². The van der Waals surface area contributed by atoms with Gasteiger partial charge in [0.05, 0.1) is 6.04 Å². The van der Waals surface area contributed by atoms with Crippen molar-refractivity contribution in [2.75, 3.05) is 6.54 Å². The largest absolute Gasteiger partial charge is 0.457 e. The summed E-state index contributed by atoms with van der Waals surface area (Å²) in [7, 11) is 0. The van der Waals surface area contributed by atoms with E-state index in [0.717, 1.165) is 37.6 Å². The molecule has 0 N–H and O–H groups in total. The van der Waals surface area contributed by atoms with E-state index in [9.17, 15) is 0 Å². The third-order valence-corrected chi connectivity index (χ3v) is 6.54. The number of aryl methyl sites for hydroxylation is 1. The highest BCUT2D eigenvalue weighted by molar-refractivity contribution is 5.38. The van der Waals surface area contributed by atoms with E-state index in [-0.39, 0.29) is 6.04 Å². The molecule has 1 unspecified atom stereocenters. The number of benzene rings is 3. The van der Waals surface area contributed by atoms with Crippen molar-refractivity contribution in [1.29, 1.82) is 0 Å². The maximum absolute atomic E-state index is 6.17. The minimum absolute atomic E-state index is 0.187. The third-order valence-electron chi connectivity index (χ3n) is 6.54. The standard InChI is InChI=1S/C30H32N2O/c1-23(2)25-16-14-24(15-17-25)22-32-20-8-19-31-18-7-13-29(31)30(32)26-9-6-12-28(21-26)33-27-10-4-3-5-11-27/h3-7,9-18,21,23,30H,8,19-20,22H2,1-2H3. The molecule has 5 rings (SSSR count). The minimum Gasteiger partial charge on any atom is -0.457 e. The number of ether oxygens (including phenoxy) is 1. The molecule has 2 heterocycles. The Balaban J connectivity index is 1.47. The highest BCUT2D eigenvalue weighted by Gasteiger charge is 2.27. The molecule has 1 aromatic heterocycles. The van der Waals surface area contributed by atoms with Gasteiger partial charge in [0.1, 0.15) is 11.5 Å². The minimum atomic E-state index is 0.187. The van der Waals surface area contributed by atoms with E-state index in [0.29, 0.717) is 5.92 Å². The maximum atomic E-state index is 6.17. The molecule has 0 saturated heterocycles. The number of hydrogen-bond donors (Lipinski definition) is 0. The van der Waals surface area contributed by atoms with Crippen molar-refractivity contribution in [2.45, 2.75) is 45.3 Å². The topological polar surface area (TPSA) is 17.4 Å². The van der Waals surface area contributed by atoms with Crippen LogP contribution in [-0.2, 0) is 13.1 Å². The molecular formula is C30H32N2O. The number of nitrogens with zero attached hydrogens (tertiary/aromatic N) is 2. The van der Waals surface area contributed by atoms with E-state index in [2.05, 4.69) is 84.1 Å². The molecule has 0 bridgehead atoms.